The first kappa shape index (κ1) is 21.3. The first-order chi connectivity index (χ1) is 15.5. The summed E-state index contributed by atoms with van der Waals surface area (Å²) in [6.45, 7) is 7.08. The van der Waals surface area contributed by atoms with Crippen molar-refractivity contribution in [2.45, 2.75) is 31.2 Å². The van der Waals surface area contributed by atoms with Gasteiger partial charge in [-0.3, -0.25) is 0 Å². The van der Waals surface area contributed by atoms with Gasteiger partial charge in [0.2, 0.25) is 16.7 Å². The molecule has 2 aliphatic heterocycles. The third kappa shape index (κ3) is 3.87. The predicted octanol–water partition coefficient (Wildman–Crippen LogP) is 2.04. The molecular weight excluding hydrogens is 428 g/mol. The van der Waals surface area contributed by atoms with Gasteiger partial charge >= 0.3 is 0 Å². The van der Waals surface area contributed by atoms with Crippen LogP contribution in [0.3, 0.4) is 0 Å². The van der Waals surface area contributed by atoms with Gasteiger partial charge in [-0.15, -0.1) is 0 Å². The molecule has 2 aliphatic rings. The maximum Gasteiger partial charge on any atom is 0.235 e. The fourth-order valence-electron chi connectivity index (χ4n) is 4.24. The maximum absolute atomic E-state index is 12.6. The minimum Gasteiger partial charge on any atom is -0.611 e. The molecule has 4 heterocycles. The number of benzene rings is 1. The lowest BCUT2D eigenvalue weighted by molar-refractivity contribution is 0.248. The van der Waals surface area contributed by atoms with E-state index < -0.39 is 11.2 Å². The van der Waals surface area contributed by atoms with Gasteiger partial charge < -0.3 is 29.3 Å². The van der Waals surface area contributed by atoms with Crippen molar-refractivity contribution in [1.29, 1.82) is 0 Å². The second-order valence-electron chi connectivity index (χ2n) is 8.60. The summed E-state index contributed by atoms with van der Waals surface area (Å²) in [7, 11) is 0. The SMILES string of the molecule is CC(C)[C@H](CO)Nc1nc(N2CCN(c3onc4ccccc34)CC2)nc2c1[S+]([O-])CC2. The average molecular weight is 457 g/mol. The van der Waals surface area contributed by atoms with Crippen LogP contribution in [0.2, 0.25) is 0 Å². The fraction of sp³-hybridized carbons (Fsp3) is 0.500. The highest BCUT2D eigenvalue weighted by Gasteiger charge is 2.34. The summed E-state index contributed by atoms with van der Waals surface area (Å²) in [5.74, 6) is 2.82. The second kappa shape index (κ2) is 8.76. The number of aromatic nitrogens is 3. The summed E-state index contributed by atoms with van der Waals surface area (Å²) in [4.78, 5) is 14.6. The number of fused-ring (bicyclic) bond motifs is 2. The van der Waals surface area contributed by atoms with Crippen molar-refractivity contribution >= 4 is 39.7 Å². The zero-order chi connectivity index (χ0) is 22.2. The Morgan fingerprint density at radius 3 is 2.66 bits per heavy atom. The van der Waals surface area contributed by atoms with E-state index in [-0.39, 0.29) is 18.6 Å². The Hall–Kier alpha value is -2.56. The number of aliphatic hydroxyl groups excluding tert-OH is 1. The molecule has 2 aromatic heterocycles. The molecule has 0 saturated carbocycles. The van der Waals surface area contributed by atoms with Gasteiger partial charge in [0.25, 0.3) is 0 Å². The molecule has 10 heteroatoms. The highest BCUT2D eigenvalue weighted by atomic mass is 32.2. The van der Waals surface area contributed by atoms with Crippen LogP contribution in [0.15, 0.2) is 33.7 Å². The molecular formula is C22H28N6O3S. The minimum absolute atomic E-state index is 0.0117. The van der Waals surface area contributed by atoms with Crippen molar-refractivity contribution in [2.24, 2.45) is 5.92 Å². The largest absolute Gasteiger partial charge is 0.611 e. The Labute approximate surface area is 190 Å². The molecule has 2 atom stereocenters. The molecule has 0 radical (unpaired) electrons. The maximum atomic E-state index is 12.6. The summed E-state index contributed by atoms with van der Waals surface area (Å²) < 4.78 is 18.2. The van der Waals surface area contributed by atoms with Crippen LogP contribution in [0, 0.1) is 5.92 Å². The molecule has 9 nitrogen and oxygen atoms in total. The van der Waals surface area contributed by atoms with Crippen LogP contribution in [0.1, 0.15) is 19.5 Å². The Balaban J connectivity index is 1.37. The molecule has 1 unspecified atom stereocenters. The molecule has 32 heavy (non-hydrogen) atoms. The van der Waals surface area contributed by atoms with Crippen molar-refractivity contribution < 1.29 is 14.2 Å². The molecule has 170 valence electrons. The smallest absolute Gasteiger partial charge is 0.235 e. The van der Waals surface area contributed by atoms with Gasteiger partial charge in [-0.05, 0) is 29.2 Å². The summed E-state index contributed by atoms with van der Waals surface area (Å²) in [5, 5.41) is 18.3. The lowest BCUT2D eigenvalue weighted by Crippen LogP contribution is -2.47. The first-order valence-electron chi connectivity index (χ1n) is 11.1. The monoisotopic (exact) mass is 456 g/mol. The van der Waals surface area contributed by atoms with E-state index in [2.05, 4.69) is 20.3 Å². The van der Waals surface area contributed by atoms with Crippen LogP contribution in [-0.2, 0) is 17.6 Å². The lowest BCUT2D eigenvalue weighted by Gasteiger charge is -2.34. The van der Waals surface area contributed by atoms with E-state index in [1.54, 1.807) is 0 Å². The molecule has 1 fully saturated rings. The van der Waals surface area contributed by atoms with Crippen LogP contribution >= 0.6 is 0 Å². The quantitative estimate of drug-likeness (QED) is 0.538. The van der Waals surface area contributed by atoms with Gasteiger partial charge in [0.15, 0.2) is 5.82 Å². The average Bonchev–Trinajstić information content (AvgIpc) is 3.41. The highest BCUT2D eigenvalue weighted by Crippen LogP contribution is 2.34. The number of rotatable bonds is 6. The number of hydrogen-bond acceptors (Lipinski definition) is 9. The Morgan fingerprint density at radius 1 is 1.16 bits per heavy atom. The highest BCUT2D eigenvalue weighted by molar-refractivity contribution is 7.91. The van der Waals surface area contributed by atoms with Crippen LogP contribution in [0.25, 0.3) is 10.9 Å². The van der Waals surface area contributed by atoms with Crippen molar-refractivity contribution in [3.8, 4) is 0 Å². The molecule has 1 saturated heterocycles. The predicted molar refractivity (Wildman–Crippen MR) is 125 cm³/mol. The number of aliphatic hydroxyl groups is 1. The van der Waals surface area contributed by atoms with Gasteiger partial charge in [0, 0.05) is 32.6 Å². The topological polar surface area (TPSA) is 114 Å². The molecule has 0 aliphatic carbocycles. The number of hydrogen-bond donors (Lipinski definition) is 2. The van der Waals surface area contributed by atoms with E-state index in [0.29, 0.717) is 28.8 Å². The zero-order valence-corrected chi connectivity index (χ0v) is 19.1. The summed E-state index contributed by atoms with van der Waals surface area (Å²) in [6.07, 6.45) is 0.682. The Bertz CT molecular complexity index is 1100. The molecule has 0 amide bonds. The van der Waals surface area contributed by atoms with E-state index in [1.807, 2.05) is 38.1 Å². The van der Waals surface area contributed by atoms with Gasteiger partial charge in [0.1, 0.15) is 17.0 Å². The van der Waals surface area contributed by atoms with Crippen LogP contribution in [0.5, 0.6) is 0 Å². The van der Waals surface area contributed by atoms with Crippen LogP contribution in [-0.4, -0.2) is 69.4 Å². The summed E-state index contributed by atoms with van der Waals surface area (Å²) >= 11 is -1.11. The minimum atomic E-state index is -1.11. The van der Waals surface area contributed by atoms with Gasteiger partial charge in [-0.2, -0.15) is 4.98 Å². The second-order valence-corrected chi connectivity index (χ2v) is 10.1. The van der Waals surface area contributed by atoms with E-state index in [9.17, 15) is 9.66 Å². The van der Waals surface area contributed by atoms with Gasteiger partial charge in [-0.1, -0.05) is 31.1 Å². The van der Waals surface area contributed by atoms with Gasteiger partial charge in [0.05, 0.1) is 18.0 Å². The summed E-state index contributed by atoms with van der Waals surface area (Å²) in [5.41, 5.74) is 1.71. The van der Waals surface area contributed by atoms with Crippen LogP contribution in [0.4, 0.5) is 17.7 Å². The van der Waals surface area contributed by atoms with E-state index in [0.717, 1.165) is 48.7 Å². The Morgan fingerprint density at radius 2 is 1.91 bits per heavy atom. The molecule has 3 aromatic rings. The number of aryl methyl sites for hydroxylation is 1. The number of piperazine rings is 1. The van der Waals surface area contributed by atoms with Crippen LogP contribution < -0.4 is 15.1 Å². The fourth-order valence-corrected chi connectivity index (χ4v) is 5.55. The zero-order valence-electron chi connectivity index (χ0n) is 18.3. The molecule has 0 spiro atoms. The normalized spacial score (nSPS) is 19.6. The van der Waals surface area contributed by atoms with Crippen molar-refractivity contribution in [2.75, 3.05) is 53.7 Å². The molecule has 1 aromatic carbocycles. The summed E-state index contributed by atoms with van der Waals surface area (Å²) in [6, 6.07) is 7.77. The third-order valence-electron chi connectivity index (χ3n) is 6.21. The molecule has 2 N–H and O–H groups in total. The number of nitrogens with zero attached hydrogens (tertiary/aromatic N) is 5. The van der Waals surface area contributed by atoms with E-state index >= 15 is 0 Å². The van der Waals surface area contributed by atoms with E-state index in [4.69, 9.17) is 14.5 Å². The number of anilines is 3. The lowest BCUT2D eigenvalue weighted by atomic mass is 10.1. The Kier molecular flexibility index (Phi) is 5.83. The standard InChI is InChI=1S/C22H28N6O3S/c1-14(2)18(13-29)23-20-19-17(7-12-32(19)30)24-22(25-20)28-10-8-27(9-11-28)21-15-5-3-4-6-16(15)26-31-21/h3-6,14,18,29H,7-13H2,1-2H3,(H,23,24,25)/t18-,32?/m0/s1. The van der Waals surface area contributed by atoms with Crippen molar-refractivity contribution in [1.82, 2.24) is 15.1 Å². The van der Waals surface area contributed by atoms with Crippen molar-refractivity contribution in [3.05, 3.63) is 30.0 Å². The van der Waals surface area contributed by atoms with Gasteiger partial charge in [-0.25, -0.2) is 4.98 Å². The van der Waals surface area contributed by atoms with Crippen molar-refractivity contribution in [3.63, 3.8) is 0 Å². The molecule has 5 rings (SSSR count). The third-order valence-corrected chi connectivity index (χ3v) is 7.67. The first-order valence-corrected chi connectivity index (χ1v) is 12.4. The van der Waals surface area contributed by atoms with E-state index in [1.165, 1.54) is 0 Å². The molecule has 0 bridgehead atoms. The number of nitrogens with one attached hydrogen (secondary N) is 1.